The third-order valence-corrected chi connectivity index (χ3v) is 2.88. The fourth-order valence-electron chi connectivity index (χ4n) is 1.37. The van der Waals surface area contributed by atoms with Crippen molar-refractivity contribution < 1.29 is 8.78 Å². The minimum Gasteiger partial charge on any atom is -0.306 e. The van der Waals surface area contributed by atoms with Crippen molar-refractivity contribution in [2.75, 3.05) is 0 Å². The summed E-state index contributed by atoms with van der Waals surface area (Å²) in [7, 11) is 0. The van der Waals surface area contributed by atoms with Crippen LogP contribution in [0.5, 0.6) is 0 Å². The summed E-state index contributed by atoms with van der Waals surface area (Å²) in [6, 6.07) is 2.00. The number of alkyl halides is 2. The summed E-state index contributed by atoms with van der Waals surface area (Å²) in [5.41, 5.74) is 1.15. The van der Waals surface area contributed by atoms with Crippen LogP contribution in [0.3, 0.4) is 0 Å². The van der Waals surface area contributed by atoms with Gasteiger partial charge in [-0.05, 0) is 22.4 Å². The zero-order chi connectivity index (χ0) is 11.4. The van der Waals surface area contributed by atoms with E-state index < -0.39 is 6.55 Å². The molecule has 0 radical (unpaired) electrons. The molecule has 0 saturated carbocycles. The highest BCUT2D eigenvalue weighted by Crippen LogP contribution is 2.12. The maximum Gasteiger partial charge on any atom is 0.319 e. The molecule has 0 fully saturated rings. The second kappa shape index (κ2) is 5.18. The minimum atomic E-state index is -2.53. The summed E-state index contributed by atoms with van der Waals surface area (Å²) in [5.74, 6) is 0.352. The first-order valence-corrected chi connectivity index (χ1v) is 5.73. The van der Waals surface area contributed by atoms with E-state index >= 15 is 0 Å². The lowest BCUT2D eigenvalue weighted by molar-refractivity contribution is 0.0666. The summed E-state index contributed by atoms with van der Waals surface area (Å²) in [4.78, 5) is 3.88. The van der Waals surface area contributed by atoms with Gasteiger partial charge in [0.05, 0.1) is 6.54 Å². The van der Waals surface area contributed by atoms with Crippen LogP contribution in [-0.4, -0.2) is 9.55 Å². The Hall–Kier alpha value is -1.27. The monoisotopic (exact) mass is 243 g/mol. The van der Waals surface area contributed by atoms with Gasteiger partial charge >= 0.3 is 6.55 Å². The molecule has 0 spiro atoms. The Bertz CT molecular complexity index is 425. The molecule has 0 unspecified atom stereocenters. The van der Waals surface area contributed by atoms with E-state index in [0.29, 0.717) is 18.9 Å². The molecule has 2 aromatic heterocycles. The molecular weight excluding hydrogens is 232 g/mol. The van der Waals surface area contributed by atoms with Gasteiger partial charge in [-0.25, -0.2) is 4.98 Å². The molecule has 0 saturated heterocycles. The molecule has 0 aromatic carbocycles. The van der Waals surface area contributed by atoms with Gasteiger partial charge in [-0.3, -0.25) is 4.57 Å². The number of halogens is 2. The maximum absolute atomic E-state index is 12.5. The first-order chi connectivity index (χ1) is 7.77. The van der Waals surface area contributed by atoms with Gasteiger partial charge in [-0.15, -0.1) is 0 Å². The fraction of sp³-hybridized carbons (Fsp3) is 0.300. The number of nitrogens with zero attached hydrogens (tertiary/aromatic N) is 2. The molecule has 0 bridgehead atoms. The maximum atomic E-state index is 12.5. The molecule has 1 N–H and O–H groups in total. The Morgan fingerprint density at radius 2 is 2.31 bits per heavy atom. The highest BCUT2D eigenvalue weighted by atomic mass is 32.1. The van der Waals surface area contributed by atoms with E-state index in [4.69, 9.17) is 0 Å². The molecular formula is C10H11F2N3S. The highest BCUT2D eigenvalue weighted by molar-refractivity contribution is 7.07. The summed E-state index contributed by atoms with van der Waals surface area (Å²) >= 11 is 1.61. The Morgan fingerprint density at radius 3 is 3.00 bits per heavy atom. The van der Waals surface area contributed by atoms with Crippen molar-refractivity contribution in [3.8, 4) is 0 Å². The van der Waals surface area contributed by atoms with Crippen molar-refractivity contribution in [2.45, 2.75) is 19.6 Å². The van der Waals surface area contributed by atoms with E-state index in [0.717, 1.165) is 10.1 Å². The number of aromatic nitrogens is 2. The molecule has 2 rings (SSSR count). The second-order valence-corrected chi connectivity index (χ2v) is 4.04. The lowest BCUT2D eigenvalue weighted by Gasteiger charge is -2.06. The average Bonchev–Trinajstić information content (AvgIpc) is 2.87. The smallest absolute Gasteiger partial charge is 0.306 e. The summed E-state index contributed by atoms with van der Waals surface area (Å²) < 4.78 is 25.8. The number of rotatable bonds is 5. The van der Waals surface area contributed by atoms with Gasteiger partial charge < -0.3 is 5.32 Å². The zero-order valence-corrected chi connectivity index (χ0v) is 9.25. The SMILES string of the molecule is FC(F)n1ccnc1CNCc1ccsc1. The Kier molecular flexibility index (Phi) is 3.63. The van der Waals surface area contributed by atoms with Gasteiger partial charge in [-0.1, -0.05) is 0 Å². The normalized spacial score (nSPS) is 11.2. The molecule has 0 aliphatic rings. The Morgan fingerprint density at radius 1 is 1.44 bits per heavy atom. The van der Waals surface area contributed by atoms with Crippen molar-refractivity contribution in [1.82, 2.24) is 14.9 Å². The van der Waals surface area contributed by atoms with Crippen molar-refractivity contribution in [3.05, 3.63) is 40.6 Å². The lowest BCUT2D eigenvalue weighted by Crippen LogP contribution is -2.16. The predicted octanol–water partition coefficient (Wildman–Crippen LogP) is 2.63. The van der Waals surface area contributed by atoms with Crippen LogP contribution in [0.15, 0.2) is 29.2 Å². The molecule has 0 atom stereocenters. The van der Waals surface area contributed by atoms with E-state index in [9.17, 15) is 8.78 Å². The number of thiophene rings is 1. The Balaban J connectivity index is 1.87. The number of imidazole rings is 1. The molecule has 0 amide bonds. The highest BCUT2D eigenvalue weighted by Gasteiger charge is 2.10. The molecule has 2 heterocycles. The van der Waals surface area contributed by atoms with Gasteiger partial charge in [0.1, 0.15) is 5.82 Å². The molecule has 86 valence electrons. The number of nitrogens with one attached hydrogen (secondary N) is 1. The Labute approximate surface area is 95.7 Å². The first-order valence-electron chi connectivity index (χ1n) is 4.79. The van der Waals surface area contributed by atoms with Crippen LogP contribution in [0.4, 0.5) is 8.78 Å². The van der Waals surface area contributed by atoms with Crippen LogP contribution < -0.4 is 5.32 Å². The average molecular weight is 243 g/mol. The standard InChI is InChI=1S/C10H11F2N3S/c11-10(12)15-3-2-14-9(15)6-13-5-8-1-4-16-7-8/h1-4,7,10,13H,5-6H2. The van der Waals surface area contributed by atoms with Crippen LogP contribution in [0, 0.1) is 0 Å². The molecule has 0 aliphatic heterocycles. The molecule has 2 aromatic rings. The second-order valence-electron chi connectivity index (χ2n) is 3.26. The third kappa shape index (κ3) is 2.65. The first kappa shape index (κ1) is 11.2. The number of hydrogen-bond donors (Lipinski definition) is 1. The van der Waals surface area contributed by atoms with E-state index in [1.54, 1.807) is 11.3 Å². The van der Waals surface area contributed by atoms with Gasteiger partial charge in [0.25, 0.3) is 0 Å². The van der Waals surface area contributed by atoms with Gasteiger partial charge in [0.15, 0.2) is 0 Å². The predicted molar refractivity (Wildman–Crippen MR) is 58.3 cm³/mol. The van der Waals surface area contributed by atoms with Crippen LogP contribution in [-0.2, 0) is 13.1 Å². The van der Waals surface area contributed by atoms with Crippen LogP contribution in [0.2, 0.25) is 0 Å². The fourth-order valence-corrected chi connectivity index (χ4v) is 2.04. The van der Waals surface area contributed by atoms with E-state index in [2.05, 4.69) is 10.3 Å². The molecule has 3 nitrogen and oxygen atoms in total. The summed E-state index contributed by atoms with van der Waals surface area (Å²) in [5, 5.41) is 7.08. The zero-order valence-electron chi connectivity index (χ0n) is 8.44. The molecule has 6 heteroatoms. The van der Waals surface area contributed by atoms with Gasteiger partial charge in [-0.2, -0.15) is 20.1 Å². The van der Waals surface area contributed by atoms with Crippen LogP contribution in [0.25, 0.3) is 0 Å². The van der Waals surface area contributed by atoms with Gasteiger partial charge in [0, 0.05) is 18.9 Å². The van der Waals surface area contributed by atoms with E-state index in [-0.39, 0.29) is 0 Å². The molecule has 16 heavy (non-hydrogen) atoms. The quantitative estimate of drug-likeness (QED) is 0.874. The largest absolute Gasteiger partial charge is 0.319 e. The third-order valence-electron chi connectivity index (χ3n) is 2.15. The van der Waals surface area contributed by atoms with Crippen LogP contribution in [0.1, 0.15) is 17.9 Å². The van der Waals surface area contributed by atoms with E-state index in [1.807, 2.05) is 16.8 Å². The van der Waals surface area contributed by atoms with Crippen molar-refractivity contribution >= 4 is 11.3 Å². The topological polar surface area (TPSA) is 29.9 Å². The minimum absolute atomic E-state index is 0.340. The van der Waals surface area contributed by atoms with Crippen LogP contribution >= 0.6 is 11.3 Å². The van der Waals surface area contributed by atoms with Gasteiger partial charge in [0.2, 0.25) is 0 Å². The lowest BCUT2D eigenvalue weighted by atomic mass is 10.3. The summed E-state index contributed by atoms with van der Waals surface area (Å²) in [6.45, 7) is -1.52. The summed E-state index contributed by atoms with van der Waals surface area (Å²) in [6.07, 6.45) is 2.67. The van der Waals surface area contributed by atoms with E-state index in [1.165, 1.54) is 12.4 Å². The van der Waals surface area contributed by atoms with Crippen molar-refractivity contribution in [3.63, 3.8) is 0 Å². The number of hydrogen-bond acceptors (Lipinski definition) is 3. The van der Waals surface area contributed by atoms with Crippen molar-refractivity contribution in [2.24, 2.45) is 0 Å². The van der Waals surface area contributed by atoms with Crippen molar-refractivity contribution in [1.29, 1.82) is 0 Å². The molecule has 0 aliphatic carbocycles.